The van der Waals surface area contributed by atoms with Crippen LogP contribution in [-0.4, -0.2) is 47.0 Å². The SMILES string of the molecule is CC(=O)SCCCCCCOc1ccc(-c2c3nc(c(-c4c(C)cc(C)cc4C)c4ccc([nH]4)c(-c4nccn4C)c4nc(c(-c5c(C)cc(C)cc5C)c5ccc2[nH]5)C=C4)C=C3)cc1. The van der Waals surface area contributed by atoms with Crippen molar-refractivity contribution in [1.29, 1.82) is 0 Å². The molecule has 2 aliphatic heterocycles. The van der Waals surface area contributed by atoms with Gasteiger partial charge in [0.2, 0.25) is 0 Å². The number of hydrogen-bond donors (Lipinski definition) is 2. The van der Waals surface area contributed by atoms with Gasteiger partial charge in [0.1, 0.15) is 11.6 Å². The number of hydrogen-bond acceptors (Lipinski definition) is 6. The monoisotopic (exact) mass is 876 g/mol. The lowest BCUT2D eigenvalue weighted by Gasteiger charge is -2.13. The van der Waals surface area contributed by atoms with Crippen LogP contribution >= 0.6 is 11.8 Å². The average Bonchev–Trinajstić information content (AvgIpc) is 4.13. The van der Waals surface area contributed by atoms with Crippen LogP contribution in [0.5, 0.6) is 5.75 Å². The molecule has 0 saturated heterocycles. The quantitative estimate of drug-likeness (QED) is 0.119. The fourth-order valence-corrected chi connectivity index (χ4v) is 10.3. The maximum Gasteiger partial charge on any atom is 0.185 e. The topological polar surface area (TPSA) is 101 Å². The lowest BCUT2D eigenvalue weighted by molar-refractivity contribution is -0.109. The molecule has 0 amide bonds. The molecule has 0 aliphatic carbocycles. The predicted molar refractivity (Wildman–Crippen MR) is 273 cm³/mol. The van der Waals surface area contributed by atoms with Crippen molar-refractivity contribution in [1.82, 2.24) is 29.5 Å². The van der Waals surface area contributed by atoms with Crippen molar-refractivity contribution in [3.05, 3.63) is 141 Å². The summed E-state index contributed by atoms with van der Waals surface area (Å²) in [5, 5.41) is 0.188. The van der Waals surface area contributed by atoms with Crippen molar-refractivity contribution >= 4 is 63.2 Å². The van der Waals surface area contributed by atoms with E-state index in [1.807, 2.05) is 19.4 Å². The van der Waals surface area contributed by atoms with Crippen molar-refractivity contribution < 1.29 is 9.53 Å². The highest BCUT2D eigenvalue weighted by atomic mass is 32.2. The Bertz CT molecular complexity index is 3120. The number of aromatic amines is 2. The third-order valence-corrected chi connectivity index (χ3v) is 13.3. The molecule has 7 aromatic rings. The maximum absolute atomic E-state index is 11.3. The number of carbonyl (C=O) groups is 1. The summed E-state index contributed by atoms with van der Waals surface area (Å²) in [7, 11) is 2.03. The van der Waals surface area contributed by atoms with Crippen molar-refractivity contribution in [2.24, 2.45) is 7.05 Å². The molecule has 2 N–H and O–H groups in total. The van der Waals surface area contributed by atoms with Crippen LogP contribution in [0, 0.1) is 41.5 Å². The number of benzene rings is 3. The third-order valence-electron chi connectivity index (χ3n) is 12.4. The van der Waals surface area contributed by atoms with Gasteiger partial charge in [0.25, 0.3) is 0 Å². The molecule has 0 fully saturated rings. The van der Waals surface area contributed by atoms with Gasteiger partial charge in [-0.25, -0.2) is 15.0 Å². The van der Waals surface area contributed by atoms with Gasteiger partial charge >= 0.3 is 0 Å². The molecule has 0 spiro atoms. The minimum absolute atomic E-state index is 0.188. The van der Waals surface area contributed by atoms with E-state index < -0.39 is 0 Å². The Morgan fingerprint density at radius 1 is 0.585 bits per heavy atom. The summed E-state index contributed by atoms with van der Waals surface area (Å²) in [5.74, 6) is 2.54. The van der Waals surface area contributed by atoms with Crippen LogP contribution in [0.4, 0.5) is 0 Å². The van der Waals surface area contributed by atoms with Crippen molar-refractivity contribution in [3.8, 4) is 50.5 Å². The Balaban J connectivity index is 1.29. The van der Waals surface area contributed by atoms with Gasteiger partial charge in [0, 0.05) is 65.4 Å². The standard InChI is InChI=1S/C56H56N6O2S/c1-33-29-35(3)50(36(4)30-33)53-44-19-17-42(58-44)52(40-13-15-41(16-14-40)64-27-11-9-10-12-28-65-39(7)63)43-18-20-45(59-43)54(51-37(5)31-34(2)32-38(51)6)47-22-24-49(61-47)55(48-23-21-46(53)60-48)56-57-25-26-62(56)8/h13-26,29-32,58,61H,9-12,27-28H2,1-8H3. The molecule has 0 atom stereocenters. The zero-order valence-corrected chi connectivity index (χ0v) is 39.5. The summed E-state index contributed by atoms with van der Waals surface area (Å²) < 4.78 is 8.30. The number of nitrogens with one attached hydrogen (secondary N) is 2. The second kappa shape index (κ2) is 18.4. The normalized spacial score (nSPS) is 12.1. The van der Waals surface area contributed by atoms with E-state index >= 15 is 0 Å². The van der Waals surface area contributed by atoms with Gasteiger partial charge in [-0.2, -0.15) is 0 Å². The van der Waals surface area contributed by atoms with Gasteiger partial charge in [-0.3, -0.25) is 4.79 Å². The van der Waals surface area contributed by atoms with Gasteiger partial charge < -0.3 is 19.3 Å². The molecule has 4 aromatic heterocycles. The number of imidazole rings is 1. The van der Waals surface area contributed by atoms with E-state index in [0.29, 0.717) is 6.61 Å². The lowest BCUT2D eigenvalue weighted by atomic mass is 9.92. The van der Waals surface area contributed by atoms with Crippen LogP contribution in [0.15, 0.2) is 85.2 Å². The van der Waals surface area contributed by atoms with E-state index in [-0.39, 0.29) is 5.12 Å². The first-order chi connectivity index (χ1) is 31.4. The Morgan fingerprint density at radius 3 is 1.54 bits per heavy atom. The number of thioether (sulfide) groups is 1. The molecule has 2 aliphatic rings. The Kier molecular flexibility index (Phi) is 12.3. The number of H-pyrrole nitrogens is 2. The van der Waals surface area contributed by atoms with E-state index in [9.17, 15) is 4.79 Å². The van der Waals surface area contributed by atoms with Crippen LogP contribution in [0.2, 0.25) is 0 Å². The Labute approximate surface area is 386 Å². The number of fused-ring (bicyclic) bond motifs is 8. The molecule has 6 heterocycles. The molecular weight excluding hydrogens is 821 g/mol. The summed E-state index contributed by atoms with van der Waals surface area (Å²) in [4.78, 5) is 35.0. The molecule has 9 heteroatoms. The zero-order chi connectivity index (χ0) is 45.4. The highest BCUT2D eigenvalue weighted by Gasteiger charge is 2.22. The van der Waals surface area contributed by atoms with E-state index in [1.165, 1.54) is 45.1 Å². The largest absolute Gasteiger partial charge is 0.494 e. The summed E-state index contributed by atoms with van der Waals surface area (Å²) in [6.07, 6.45) is 16.6. The van der Waals surface area contributed by atoms with E-state index in [2.05, 4.69) is 153 Å². The highest BCUT2D eigenvalue weighted by molar-refractivity contribution is 8.13. The highest BCUT2D eigenvalue weighted by Crippen LogP contribution is 2.41. The first kappa shape index (κ1) is 43.5. The third kappa shape index (κ3) is 8.90. The lowest BCUT2D eigenvalue weighted by Crippen LogP contribution is -1.97. The zero-order valence-electron chi connectivity index (χ0n) is 38.6. The molecule has 9 rings (SSSR count). The number of aromatic nitrogens is 6. The van der Waals surface area contributed by atoms with E-state index in [1.54, 1.807) is 6.92 Å². The van der Waals surface area contributed by atoms with Crippen molar-refractivity contribution in [3.63, 3.8) is 0 Å². The first-order valence-electron chi connectivity index (χ1n) is 22.6. The van der Waals surface area contributed by atoms with Crippen LogP contribution < -0.4 is 4.74 Å². The molecule has 8 nitrogen and oxygen atoms in total. The Hall–Kier alpha value is -6.71. The Morgan fingerprint density at radius 2 is 1.05 bits per heavy atom. The number of rotatable bonds is 12. The number of ether oxygens (including phenoxy) is 1. The van der Waals surface area contributed by atoms with Gasteiger partial charge in [-0.1, -0.05) is 72.1 Å². The molecule has 8 bridgehead atoms. The van der Waals surface area contributed by atoms with Gasteiger partial charge in [-0.05, 0) is 154 Å². The van der Waals surface area contributed by atoms with Crippen molar-refractivity contribution in [2.75, 3.05) is 12.4 Å². The van der Waals surface area contributed by atoms with Gasteiger partial charge in [0.05, 0.1) is 40.5 Å². The molecule has 3 aromatic carbocycles. The van der Waals surface area contributed by atoms with E-state index in [4.69, 9.17) is 19.7 Å². The fourth-order valence-electron chi connectivity index (χ4n) is 9.71. The summed E-state index contributed by atoms with van der Waals surface area (Å²) in [6, 6.07) is 26.1. The molecule has 65 heavy (non-hydrogen) atoms. The molecule has 0 unspecified atom stereocenters. The summed E-state index contributed by atoms with van der Waals surface area (Å²) >= 11 is 1.41. The molecular formula is C56H56N6O2S. The van der Waals surface area contributed by atoms with Crippen LogP contribution in [-0.2, 0) is 11.8 Å². The maximum atomic E-state index is 11.3. The van der Waals surface area contributed by atoms with Crippen LogP contribution in [0.3, 0.4) is 0 Å². The summed E-state index contributed by atoms with van der Waals surface area (Å²) in [5.41, 5.74) is 21.8. The minimum atomic E-state index is 0.188. The average molecular weight is 877 g/mol. The van der Waals surface area contributed by atoms with E-state index in [0.717, 1.165) is 127 Å². The predicted octanol–water partition coefficient (Wildman–Crippen LogP) is 14.1. The molecule has 328 valence electrons. The summed E-state index contributed by atoms with van der Waals surface area (Å²) in [6.45, 7) is 15.4. The minimum Gasteiger partial charge on any atom is -0.494 e. The number of aryl methyl sites for hydroxylation is 7. The number of carbonyl (C=O) groups excluding carboxylic acids is 1. The second-order valence-electron chi connectivity index (χ2n) is 17.5. The van der Waals surface area contributed by atoms with Gasteiger partial charge in [-0.15, -0.1) is 0 Å². The second-order valence-corrected chi connectivity index (χ2v) is 18.8. The van der Waals surface area contributed by atoms with Crippen LogP contribution in [0.25, 0.3) is 91.1 Å². The molecule has 0 saturated carbocycles. The first-order valence-corrected chi connectivity index (χ1v) is 23.6. The van der Waals surface area contributed by atoms with Crippen LogP contribution in [0.1, 0.15) is 88.8 Å². The van der Waals surface area contributed by atoms with Crippen molar-refractivity contribution in [2.45, 2.75) is 74.1 Å². The number of nitrogens with zero attached hydrogens (tertiary/aromatic N) is 4. The van der Waals surface area contributed by atoms with Gasteiger partial charge in [0.15, 0.2) is 5.12 Å². The molecule has 0 radical (unpaired) electrons. The fraction of sp³-hybridized carbons (Fsp3) is 0.250. The smallest absolute Gasteiger partial charge is 0.185 e. The number of unbranched alkanes of at least 4 members (excludes halogenated alkanes) is 3.